The van der Waals surface area contributed by atoms with Crippen molar-refractivity contribution in [1.29, 1.82) is 0 Å². The minimum absolute atomic E-state index is 0.183. The van der Waals surface area contributed by atoms with Crippen molar-refractivity contribution in [2.75, 3.05) is 0 Å². The normalized spacial score (nSPS) is 29.2. The number of ether oxygens (including phenoxy) is 1. The Balaban J connectivity index is 2.51. The van der Waals surface area contributed by atoms with Crippen LogP contribution in [0.1, 0.15) is 33.1 Å². The molecule has 68 valence electrons. The molecule has 1 rings (SSSR count). The summed E-state index contributed by atoms with van der Waals surface area (Å²) >= 11 is 0. The van der Waals surface area contributed by atoms with E-state index in [0.29, 0.717) is 0 Å². The van der Waals surface area contributed by atoms with Gasteiger partial charge in [0, 0.05) is 0 Å². The van der Waals surface area contributed by atoms with Crippen LogP contribution in [0.25, 0.3) is 0 Å². The summed E-state index contributed by atoms with van der Waals surface area (Å²) in [6.07, 6.45) is 2.81. The van der Waals surface area contributed by atoms with Crippen LogP contribution in [0.4, 0.5) is 0 Å². The minimum atomic E-state index is -0.360. The number of carbonyl (C=O) groups excluding carboxylic acids is 2. The zero-order valence-corrected chi connectivity index (χ0v) is 7.50. The molecule has 0 amide bonds. The van der Waals surface area contributed by atoms with Gasteiger partial charge in [0.15, 0.2) is 0 Å². The quantitative estimate of drug-likeness (QED) is 0.476. The number of esters is 2. The maximum absolute atomic E-state index is 11.1. The molecule has 0 aromatic rings. The van der Waals surface area contributed by atoms with E-state index in [1.807, 2.05) is 0 Å². The van der Waals surface area contributed by atoms with E-state index in [2.05, 4.69) is 11.7 Å². The van der Waals surface area contributed by atoms with Gasteiger partial charge in [-0.05, 0) is 6.42 Å². The Kier molecular flexibility index (Phi) is 2.84. The Hall–Kier alpha value is -0.860. The van der Waals surface area contributed by atoms with Crippen molar-refractivity contribution in [2.45, 2.75) is 33.1 Å². The van der Waals surface area contributed by atoms with Gasteiger partial charge in [-0.15, -0.1) is 0 Å². The van der Waals surface area contributed by atoms with E-state index in [1.165, 1.54) is 0 Å². The van der Waals surface area contributed by atoms with Gasteiger partial charge in [0.1, 0.15) is 0 Å². The molecule has 0 aromatic carbocycles. The smallest absolute Gasteiger partial charge is 0.317 e. The Morgan fingerprint density at radius 3 is 2.42 bits per heavy atom. The van der Waals surface area contributed by atoms with Crippen molar-refractivity contribution in [3.05, 3.63) is 0 Å². The van der Waals surface area contributed by atoms with Crippen molar-refractivity contribution >= 4 is 11.9 Å². The number of cyclic esters (lactones) is 2. The van der Waals surface area contributed by atoms with Gasteiger partial charge < -0.3 is 4.74 Å². The second-order valence-electron chi connectivity index (χ2n) is 3.28. The molecule has 0 N–H and O–H groups in total. The number of hydrogen-bond donors (Lipinski definition) is 0. The van der Waals surface area contributed by atoms with Crippen LogP contribution in [-0.2, 0) is 14.3 Å². The van der Waals surface area contributed by atoms with Crippen LogP contribution in [0.2, 0.25) is 0 Å². The summed E-state index contributed by atoms with van der Waals surface area (Å²) in [6.45, 7) is 3.82. The van der Waals surface area contributed by atoms with E-state index in [1.54, 1.807) is 6.92 Å². The first-order valence-corrected chi connectivity index (χ1v) is 4.42. The molecule has 1 unspecified atom stereocenters. The summed E-state index contributed by atoms with van der Waals surface area (Å²) in [5, 5.41) is 0. The summed E-state index contributed by atoms with van der Waals surface area (Å²) in [4.78, 5) is 22.0. The van der Waals surface area contributed by atoms with Gasteiger partial charge in [-0.1, -0.05) is 26.7 Å². The van der Waals surface area contributed by atoms with Gasteiger partial charge >= 0.3 is 11.9 Å². The van der Waals surface area contributed by atoms with Crippen LogP contribution in [0.3, 0.4) is 0 Å². The third kappa shape index (κ3) is 1.65. The maximum Gasteiger partial charge on any atom is 0.317 e. The van der Waals surface area contributed by atoms with Gasteiger partial charge in [-0.3, -0.25) is 9.59 Å². The molecule has 3 nitrogen and oxygen atoms in total. The number of rotatable bonds is 3. The molecule has 0 aliphatic carbocycles. The fourth-order valence-corrected chi connectivity index (χ4v) is 1.43. The van der Waals surface area contributed by atoms with Crippen molar-refractivity contribution in [3.63, 3.8) is 0 Å². The first-order valence-electron chi connectivity index (χ1n) is 4.42. The summed E-state index contributed by atoms with van der Waals surface area (Å²) < 4.78 is 4.51. The number of carbonyl (C=O) groups is 2. The third-order valence-electron chi connectivity index (χ3n) is 2.35. The third-order valence-corrected chi connectivity index (χ3v) is 2.35. The number of unbranched alkanes of at least 4 members (excludes halogenated alkanes) is 1. The van der Waals surface area contributed by atoms with Crippen molar-refractivity contribution in [1.82, 2.24) is 0 Å². The fourth-order valence-electron chi connectivity index (χ4n) is 1.43. The molecule has 3 heteroatoms. The first kappa shape index (κ1) is 9.23. The fraction of sp³-hybridized carbons (Fsp3) is 0.778. The lowest BCUT2D eigenvalue weighted by molar-refractivity contribution is -0.153. The Morgan fingerprint density at radius 2 is 2.00 bits per heavy atom. The largest absolute Gasteiger partial charge is 0.393 e. The van der Waals surface area contributed by atoms with Gasteiger partial charge in [-0.25, -0.2) is 0 Å². The predicted octanol–water partition coefficient (Wildman–Crippen LogP) is 1.51. The van der Waals surface area contributed by atoms with E-state index in [4.69, 9.17) is 0 Å². The molecule has 2 atom stereocenters. The zero-order chi connectivity index (χ0) is 9.14. The average molecular weight is 170 g/mol. The van der Waals surface area contributed by atoms with Gasteiger partial charge in [0.05, 0.1) is 11.8 Å². The van der Waals surface area contributed by atoms with Gasteiger partial charge in [0.25, 0.3) is 0 Å². The summed E-state index contributed by atoms with van der Waals surface area (Å²) in [5.41, 5.74) is 0. The molecule has 0 saturated carbocycles. The molecular formula is C9H14O3. The highest BCUT2D eigenvalue weighted by atomic mass is 16.6. The summed E-state index contributed by atoms with van der Waals surface area (Å²) in [5.74, 6) is -1.11. The second-order valence-corrected chi connectivity index (χ2v) is 3.28. The molecule has 1 fully saturated rings. The topological polar surface area (TPSA) is 43.4 Å². The van der Waals surface area contributed by atoms with Crippen LogP contribution in [0.5, 0.6) is 0 Å². The Bertz CT molecular complexity index is 198. The molecule has 0 spiro atoms. The van der Waals surface area contributed by atoms with Crippen LogP contribution >= 0.6 is 0 Å². The lowest BCUT2D eigenvalue weighted by Gasteiger charge is -2.06. The van der Waals surface area contributed by atoms with Crippen molar-refractivity contribution in [3.8, 4) is 0 Å². The van der Waals surface area contributed by atoms with Crippen molar-refractivity contribution in [2.24, 2.45) is 11.8 Å². The monoisotopic (exact) mass is 170 g/mol. The molecule has 12 heavy (non-hydrogen) atoms. The first-order chi connectivity index (χ1) is 5.66. The maximum atomic E-state index is 11.1. The highest BCUT2D eigenvalue weighted by Crippen LogP contribution is 2.27. The molecular weight excluding hydrogens is 156 g/mol. The lowest BCUT2D eigenvalue weighted by atomic mass is 9.92. The van der Waals surface area contributed by atoms with Crippen LogP contribution in [0, 0.1) is 11.8 Å². The molecule has 1 aliphatic heterocycles. The van der Waals surface area contributed by atoms with Crippen LogP contribution in [0.15, 0.2) is 0 Å². The molecule has 0 aromatic heterocycles. The highest BCUT2D eigenvalue weighted by Gasteiger charge is 2.40. The number of hydrogen-bond acceptors (Lipinski definition) is 3. The summed E-state index contributed by atoms with van der Waals surface area (Å²) in [7, 11) is 0. The van der Waals surface area contributed by atoms with Crippen LogP contribution < -0.4 is 0 Å². The SMILES string of the molecule is CCCC[C@@H]1C(=O)OC(=O)C1C. The average Bonchev–Trinajstić information content (AvgIpc) is 2.25. The predicted molar refractivity (Wildman–Crippen MR) is 43.3 cm³/mol. The zero-order valence-electron chi connectivity index (χ0n) is 7.50. The van der Waals surface area contributed by atoms with E-state index in [9.17, 15) is 9.59 Å². The Morgan fingerprint density at radius 1 is 1.33 bits per heavy atom. The molecule has 0 radical (unpaired) electrons. The lowest BCUT2D eigenvalue weighted by Crippen LogP contribution is -2.14. The van der Waals surface area contributed by atoms with E-state index in [0.717, 1.165) is 19.3 Å². The van der Waals surface area contributed by atoms with Gasteiger partial charge in [-0.2, -0.15) is 0 Å². The van der Waals surface area contributed by atoms with Crippen LogP contribution in [-0.4, -0.2) is 11.9 Å². The van der Waals surface area contributed by atoms with Crippen molar-refractivity contribution < 1.29 is 14.3 Å². The minimum Gasteiger partial charge on any atom is -0.393 e. The Labute approximate surface area is 72.1 Å². The van der Waals surface area contributed by atoms with E-state index in [-0.39, 0.29) is 23.8 Å². The molecule has 1 aliphatic rings. The van der Waals surface area contributed by atoms with E-state index < -0.39 is 0 Å². The summed E-state index contributed by atoms with van der Waals surface area (Å²) in [6, 6.07) is 0. The molecule has 0 bridgehead atoms. The van der Waals surface area contributed by atoms with Gasteiger partial charge in [0.2, 0.25) is 0 Å². The second kappa shape index (κ2) is 3.70. The van der Waals surface area contributed by atoms with E-state index >= 15 is 0 Å². The standard InChI is InChI=1S/C9H14O3/c1-3-4-5-7-6(2)8(10)12-9(7)11/h6-7H,3-5H2,1-2H3/t6?,7-/m0/s1. The highest BCUT2D eigenvalue weighted by molar-refractivity contribution is 5.96. The molecule has 1 heterocycles. The molecule has 1 saturated heterocycles.